The van der Waals surface area contributed by atoms with Gasteiger partial charge in [0, 0.05) is 19.8 Å². The van der Waals surface area contributed by atoms with Crippen molar-refractivity contribution in [3.63, 3.8) is 0 Å². The van der Waals surface area contributed by atoms with Gasteiger partial charge in [-0.15, -0.1) is 5.10 Å². The fourth-order valence-electron chi connectivity index (χ4n) is 2.84. The third-order valence-corrected chi connectivity index (χ3v) is 4.82. The van der Waals surface area contributed by atoms with Gasteiger partial charge in [-0.05, 0) is 19.9 Å². The molecule has 16 heteroatoms. The molecule has 0 spiro atoms. The van der Waals surface area contributed by atoms with Crippen LogP contribution in [0.3, 0.4) is 0 Å². The highest BCUT2D eigenvalue weighted by Gasteiger charge is 2.39. The zero-order valence-corrected chi connectivity index (χ0v) is 18.6. The van der Waals surface area contributed by atoms with Gasteiger partial charge in [0.1, 0.15) is 12.2 Å². The van der Waals surface area contributed by atoms with E-state index in [1.165, 1.54) is 17.9 Å². The Bertz CT molecular complexity index is 1280. The molecule has 0 radical (unpaired) electrons. The van der Waals surface area contributed by atoms with E-state index in [1.807, 2.05) is 0 Å². The summed E-state index contributed by atoms with van der Waals surface area (Å²) in [7, 11) is 1.50. The van der Waals surface area contributed by atoms with Crippen molar-refractivity contribution >= 4 is 23.2 Å². The second kappa shape index (κ2) is 9.42. The minimum Gasteiger partial charge on any atom is -0.464 e. The van der Waals surface area contributed by atoms with E-state index in [-0.39, 0.29) is 23.2 Å². The number of carbonyl (C=O) groups is 1. The maximum absolute atomic E-state index is 15.0. The largest absolute Gasteiger partial charge is 0.464 e. The maximum atomic E-state index is 15.0. The van der Waals surface area contributed by atoms with Crippen LogP contribution in [0, 0.1) is 5.82 Å². The number of nitrogens with zero attached hydrogens (tertiary/aromatic N) is 6. The number of pyridine rings is 1. The van der Waals surface area contributed by atoms with Gasteiger partial charge in [-0.1, -0.05) is 11.6 Å². The summed E-state index contributed by atoms with van der Waals surface area (Å²) in [5.41, 5.74) is -1.62. The molecule has 0 saturated carbocycles. The molecule has 0 aliphatic rings. The number of aliphatic hydroxyl groups is 1. The molecular formula is C18H18ClF4N7O4. The lowest BCUT2D eigenvalue weighted by molar-refractivity contribution is -0.190. The van der Waals surface area contributed by atoms with Gasteiger partial charge in [-0.25, -0.2) is 9.18 Å². The van der Waals surface area contributed by atoms with Gasteiger partial charge in [0.05, 0.1) is 5.69 Å². The standard InChI is InChI=1S/C18H18ClF4N7O4/c1-4-29-12(7-31)26-30(17(29)33)14-10(20)5-9(16(25-14)34-8(2)18(21,22)23)15(32)24-11-6-28(3)27-13(11)19/h5-6,8,31H,4,7H2,1-3H3,(H,24,32)/t8-/m0/s1. The van der Waals surface area contributed by atoms with E-state index in [9.17, 15) is 32.3 Å². The van der Waals surface area contributed by atoms with E-state index in [2.05, 4.69) is 20.5 Å². The lowest BCUT2D eigenvalue weighted by atomic mass is 10.2. The smallest absolute Gasteiger partial charge is 0.425 e. The number of alkyl halides is 3. The average molecular weight is 508 g/mol. The number of nitrogens with one attached hydrogen (secondary N) is 1. The van der Waals surface area contributed by atoms with E-state index in [4.69, 9.17) is 16.3 Å². The van der Waals surface area contributed by atoms with Crippen LogP contribution in [-0.4, -0.2) is 52.4 Å². The molecule has 0 unspecified atom stereocenters. The summed E-state index contributed by atoms with van der Waals surface area (Å²) in [6, 6.07) is 0.552. The molecule has 1 amide bonds. The minimum atomic E-state index is -4.85. The lowest BCUT2D eigenvalue weighted by Gasteiger charge is -2.19. The number of hydrogen-bond acceptors (Lipinski definition) is 7. The number of aliphatic hydroxyl groups excluding tert-OH is 1. The number of amides is 1. The third-order valence-electron chi connectivity index (χ3n) is 4.55. The van der Waals surface area contributed by atoms with Crippen LogP contribution in [0.1, 0.15) is 30.0 Å². The molecule has 11 nitrogen and oxygen atoms in total. The lowest BCUT2D eigenvalue weighted by Crippen LogP contribution is -2.33. The van der Waals surface area contributed by atoms with Crippen LogP contribution in [0.15, 0.2) is 17.1 Å². The number of halogens is 5. The van der Waals surface area contributed by atoms with Gasteiger partial charge in [0.2, 0.25) is 5.88 Å². The Morgan fingerprint density at radius 2 is 2.03 bits per heavy atom. The van der Waals surface area contributed by atoms with Gasteiger partial charge in [0.25, 0.3) is 5.91 Å². The monoisotopic (exact) mass is 507 g/mol. The molecule has 1 atom stereocenters. The molecule has 3 aromatic heterocycles. The first kappa shape index (κ1) is 25.2. The van der Waals surface area contributed by atoms with Crippen molar-refractivity contribution < 1.29 is 32.2 Å². The van der Waals surface area contributed by atoms with E-state index in [0.29, 0.717) is 17.7 Å². The number of hydrogen-bond donors (Lipinski definition) is 2. The van der Waals surface area contributed by atoms with Crippen molar-refractivity contribution in [2.75, 3.05) is 5.32 Å². The quantitative estimate of drug-likeness (QED) is 0.468. The molecular weight excluding hydrogens is 490 g/mol. The minimum absolute atomic E-state index is 0.000956. The first-order chi connectivity index (χ1) is 15.9. The molecule has 34 heavy (non-hydrogen) atoms. The van der Waals surface area contributed by atoms with Crippen molar-refractivity contribution in [2.24, 2.45) is 7.05 Å². The van der Waals surface area contributed by atoms with Crippen LogP contribution < -0.4 is 15.7 Å². The molecule has 3 heterocycles. The van der Waals surface area contributed by atoms with Crippen LogP contribution in [0.4, 0.5) is 23.2 Å². The topological polar surface area (TPSA) is 129 Å². The van der Waals surface area contributed by atoms with Crippen LogP contribution in [0.2, 0.25) is 5.15 Å². The fraction of sp³-hybridized carbons (Fsp3) is 0.389. The summed E-state index contributed by atoms with van der Waals surface area (Å²) in [5, 5.41) is 19.1. The summed E-state index contributed by atoms with van der Waals surface area (Å²) in [6.45, 7) is 1.62. The summed E-state index contributed by atoms with van der Waals surface area (Å²) in [6.07, 6.45) is -5.98. The Labute approximate surface area is 193 Å². The first-order valence-electron chi connectivity index (χ1n) is 9.61. The highest BCUT2D eigenvalue weighted by atomic mass is 35.5. The Morgan fingerprint density at radius 3 is 2.53 bits per heavy atom. The van der Waals surface area contributed by atoms with E-state index in [1.54, 1.807) is 6.92 Å². The Kier molecular flexibility index (Phi) is 6.97. The van der Waals surface area contributed by atoms with Crippen LogP contribution in [0.5, 0.6) is 5.88 Å². The van der Waals surface area contributed by atoms with Gasteiger partial charge >= 0.3 is 11.9 Å². The van der Waals surface area contributed by atoms with Crippen LogP contribution in [0.25, 0.3) is 5.82 Å². The third kappa shape index (κ3) is 4.89. The fourth-order valence-corrected chi connectivity index (χ4v) is 3.06. The molecule has 0 bridgehead atoms. The SMILES string of the molecule is CCn1c(CO)nn(-c2nc(O[C@@H](C)C(F)(F)F)c(C(=O)Nc3cn(C)nc3Cl)cc2F)c1=O. The number of aryl methyl sites for hydroxylation is 1. The predicted molar refractivity (Wildman–Crippen MR) is 109 cm³/mol. The van der Waals surface area contributed by atoms with Crippen molar-refractivity contribution in [3.05, 3.63) is 45.1 Å². The summed E-state index contributed by atoms with van der Waals surface area (Å²) in [5.74, 6) is -4.23. The Hall–Kier alpha value is -3.46. The average Bonchev–Trinajstić information content (AvgIpc) is 3.25. The normalized spacial score (nSPS) is 12.6. The van der Waals surface area contributed by atoms with Gasteiger partial charge in [0.15, 0.2) is 28.7 Å². The van der Waals surface area contributed by atoms with Gasteiger partial charge in [-0.3, -0.25) is 14.0 Å². The molecule has 3 aromatic rings. The Balaban J connectivity index is 2.14. The summed E-state index contributed by atoms with van der Waals surface area (Å²) >= 11 is 5.87. The molecule has 0 aliphatic heterocycles. The van der Waals surface area contributed by atoms with Gasteiger partial charge in [-0.2, -0.15) is 27.9 Å². The van der Waals surface area contributed by atoms with Crippen molar-refractivity contribution in [3.8, 4) is 11.7 Å². The van der Waals surface area contributed by atoms with E-state index >= 15 is 0 Å². The highest BCUT2D eigenvalue weighted by Crippen LogP contribution is 2.29. The summed E-state index contributed by atoms with van der Waals surface area (Å²) in [4.78, 5) is 29.0. The highest BCUT2D eigenvalue weighted by molar-refractivity contribution is 6.32. The van der Waals surface area contributed by atoms with Crippen molar-refractivity contribution in [1.82, 2.24) is 29.1 Å². The molecule has 3 rings (SSSR count). The zero-order chi connectivity index (χ0) is 25.4. The number of carbonyl (C=O) groups excluding carboxylic acids is 1. The number of rotatable bonds is 7. The second-order valence-corrected chi connectivity index (χ2v) is 7.28. The first-order valence-corrected chi connectivity index (χ1v) is 9.99. The van der Waals surface area contributed by atoms with Crippen molar-refractivity contribution in [1.29, 1.82) is 0 Å². The molecule has 2 N–H and O–H groups in total. The second-order valence-electron chi connectivity index (χ2n) is 6.92. The zero-order valence-electron chi connectivity index (χ0n) is 17.9. The van der Waals surface area contributed by atoms with Crippen molar-refractivity contribution in [2.45, 2.75) is 39.3 Å². The Morgan fingerprint density at radius 1 is 1.35 bits per heavy atom. The molecule has 0 aromatic carbocycles. The number of anilines is 1. The number of ether oxygens (including phenoxy) is 1. The predicted octanol–water partition coefficient (Wildman–Crippen LogP) is 2.05. The van der Waals surface area contributed by atoms with Crippen LogP contribution >= 0.6 is 11.6 Å². The molecule has 0 saturated heterocycles. The molecule has 184 valence electrons. The number of aromatic nitrogens is 6. The van der Waals surface area contributed by atoms with Gasteiger partial charge < -0.3 is 15.2 Å². The maximum Gasteiger partial charge on any atom is 0.425 e. The van der Waals surface area contributed by atoms with Crippen LogP contribution in [-0.2, 0) is 20.2 Å². The summed E-state index contributed by atoms with van der Waals surface area (Å²) < 4.78 is 61.9. The van der Waals surface area contributed by atoms with E-state index < -0.39 is 53.6 Å². The molecule has 0 aliphatic carbocycles. The van der Waals surface area contributed by atoms with E-state index in [0.717, 1.165) is 4.57 Å². The molecule has 0 fully saturated rings.